The lowest BCUT2D eigenvalue weighted by molar-refractivity contribution is 0.818. The van der Waals surface area contributed by atoms with Crippen molar-refractivity contribution >= 4 is 5.69 Å². The zero-order valence-corrected chi connectivity index (χ0v) is 8.59. The van der Waals surface area contributed by atoms with Gasteiger partial charge in [0.2, 0.25) is 0 Å². The Hall–Kier alpha value is -1.53. The molecule has 3 heteroatoms. The van der Waals surface area contributed by atoms with Crippen molar-refractivity contribution in [1.29, 1.82) is 0 Å². The lowest BCUT2D eigenvalue weighted by Crippen LogP contribution is -2.05. The summed E-state index contributed by atoms with van der Waals surface area (Å²) in [5.41, 5.74) is 8.12. The van der Waals surface area contributed by atoms with Crippen LogP contribution < -0.4 is 11.1 Å². The fraction of sp³-hybridized carbons (Fsp3) is 0.364. The number of anilines is 1. The van der Waals surface area contributed by atoms with Crippen LogP contribution >= 0.6 is 0 Å². The van der Waals surface area contributed by atoms with Crippen molar-refractivity contribution in [2.45, 2.75) is 13.3 Å². The first-order valence-corrected chi connectivity index (χ1v) is 4.59. The number of nitrogens with one attached hydrogen (secondary N) is 1. The van der Waals surface area contributed by atoms with E-state index < -0.39 is 0 Å². The van der Waals surface area contributed by atoms with Gasteiger partial charge in [-0.15, -0.1) is 0 Å². The van der Waals surface area contributed by atoms with Gasteiger partial charge in [0.15, 0.2) is 0 Å². The zero-order chi connectivity index (χ0) is 10.4. The van der Waals surface area contributed by atoms with Gasteiger partial charge in [0, 0.05) is 18.5 Å². The molecular weight excluding hydrogens is 174 g/mol. The number of rotatable bonds is 2. The molecule has 14 heavy (non-hydrogen) atoms. The summed E-state index contributed by atoms with van der Waals surface area (Å²) in [6.07, 6.45) is 2.48. The molecule has 1 heterocycles. The number of nitrogens with zero attached hydrogens (tertiary/aromatic N) is 1. The van der Waals surface area contributed by atoms with E-state index in [1.54, 1.807) is 6.20 Å². The molecule has 0 aliphatic heterocycles. The summed E-state index contributed by atoms with van der Waals surface area (Å²) >= 11 is 0. The lowest BCUT2D eigenvalue weighted by Gasteiger charge is -1.97. The van der Waals surface area contributed by atoms with Crippen molar-refractivity contribution in [3.8, 4) is 11.8 Å². The molecule has 3 N–H and O–H groups in total. The standard InChI is InChI=1S/C11H15N3/c1-9-10(5-3-4-6-13-2)7-11(12)8-14-9/h7-8,13H,4,6,12H2,1-2H3. The molecule has 0 radical (unpaired) electrons. The highest BCUT2D eigenvalue weighted by Crippen LogP contribution is 2.07. The van der Waals surface area contributed by atoms with Gasteiger partial charge < -0.3 is 11.1 Å². The lowest BCUT2D eigenvalue weighted by atomic mass is 10.2. The zero-order valence-electron chi connectivity index (χ0n) is 8.59. The van der Waals surface area contributed by atoms with Gasteiger partial charge in [-0.2, -0.15) is 0 Å². The molecule has 1 rings (SSSR count). The maximum atomic E-state index is 5.62. The molecule has 0 spiro atoms. The second kappa shape index (κ2) is 5.25. The predicted molar refractivity (Wildman–Crippen MR) is 58.8 cm³/mol. The Labute approximate surface area is 84.7 Å². The molecule has 0 aliphatic carbocycles. The third kappa shape index (κ3) is 3.08. The minimum absolute atomic E-state index is 0.661. The number of pyridine rings is 1. The first-order valence-electron chi connectivity index (χ1n) is 4.59. The second-order valence-electron chi connectivity index (χ2n) is 3.06. The smallest absolute Gasteiger partial charge is 0.0530 e. The molecule has 1 aromatic heterocycles. The van der Waals surface area contributed by atoms with Gasteiger partial charge in [-0.25, -0.2) is 0 Å². The summed E-state index contributed by atoms with van der Waals surface area (Å²) in [4.78, 5) is 4.13. The highest BCUT2D eigenvalue weighted by molar-refractivity contribution is 5.47. The van der Waals surface area contributed by atoms with Crippen molar-refractivity contribution in [3.05, 3.63) is 23.5 Å². The highest BCUT2D eigenvalue weighted by Gasteiger charge is 1.95. The number of hydrogen-bond acceptors (Lipinski definition) is 3. The van der Waals surface area contributed by atoms with Gasteiger partial charge in [0.1, 0.15) is 0 Å². The number of hydrogen-bond donors (Lipinski definition) is 2. The van der Waals surface area contributed by atoms with Gasteiger partial charge in [0.05, 0.1) is 17.6 Å². The van der Waals surface area contributed by atoms with Gasteiger partial charge in [0.25, 0.3) is 0 Å². The minimum Gasteiger partial charge on any atom is -0.397 e. The summed E-state index contributed by atoms with van der Waals surface area (Å²) in [5, 5.41) is 3.04. The average molecular weight is 189 g/mol. The summed E-state index contributed by atoms with van der Waals surface area (Å²) in [6, 6.07) is 1.86. The van der Waals surface area contributed by atoms with Crippen LogP contribution in [-0.2, 0) is 0 Å². The molecule has 0 fully saturated rings. The molecule has 74 valence electrons. The fourth-order valence-corrected chi connectivity index (χ4v) is 1.02. The molecule has 0 unspecified atom stereocenters. The largest absolute Gasteiger partial charge is 0.397 e. The highest BCUT2D eigenvalue weighted by atomic mass is 14.8. The van der Waals surface area contributed by atoms with Crippen LogP contribution in [0.1, 0.15) is 17.7 Å². The average Bonchev–Trinajstić information content (AvgIpc) is 2.18. The molecule has 0 aliphatic rings. The van der Waals surface area contributed by atoms with E-state index in [0.717, 1.165) is 24.2 Å². The quantitative estimate of drug-likeness (QED) is 0.537. The summed E-state index contributed by atoms with van der Waals surface area (Å²) in [6.45, 7) is 2.84. The van der Waals surface area contributed by atoms with E-state index in [4.69, 9.17) is 5.73 Å². The predicted octanol–water partition coefficient (Wildman–Crippen LogP) is 0.933. The summed E-state index contributed by atoms with van der Waals surface area (Å²) < 4.78 is 0. The molecule has 0 aromatic carbocycles. The second-order valence-corrected chi connectivity index (χ2v) is 3.06. The van der Waals surface area contributed by atoms with Crippen LogP contribution in [0, 0.1) is 18.8 Å². The van der Waals surface area contributed by atoms with E-state index >= 15 is 0 Å². The summed E-state index contributed by atoms with van der Waals surface area (Å²) in [7, 11) is 1.91. The third-order valence-electron chi connectivity index (χ3n) is 1.83. The molecule has 0 atom stereocenters. The van der Waals surface area contributed by atoms with Crippen LogP contribution in [0.25, 0.3) is 0 Å². The van der Waals surface area contributed by atoms with Gasteiger partial charge in [-0.1, -0.05) is 11.8 Å². The monoisotopic (exact) mass is 189 g/mol. The first kappa shape index (κ1) is 10.6. The number of nitrogens with two attached hydrogens (primary N) is 1. The Kier molecular flexibility index (Phi) is 3.96. The van der Waals surface area contributed by atoms with Gasteiger partial charge in [-0.3, -0.25) is 4.98 Å². The van der Waals surface area contributed by atoms with Crippen LogP contribution in [0.15, 0.2) is 12.3 Å². The van der Waals surface area contributed by atoms with Crippen molar-refractivity contribution in [1.82, 2.24) is 10.3 Å². The van der Waals surface area contributed by atoms with Crippen LogP contribution in [0.3, 0.4) is 0 Å². The van der Waals surface area contributed by atoms with Crippen LogP contribution in [0.2, 0.25) is 0 Å². The van der Waals surface area contributed by atoms with E-state index in [-0.39, 0.29) is 0 Å². The van der Waals surface area contributed by atoms with Crippen molar-refractivity contribution in [2.75, 3.05) is 19.3 Å². The fourth-order valence-electron chi connectivity index (χ4n) is 1.02. The maximum Gasteiger partial charge on any atom is 0.0530 e. The number of aryl methyl sites for hydroxylation is 1. The molecule has 0 saturated carbocycles. The Morgan fingerprint density at radius 3 is 3.07 bits per heavy atom. The van der Waals surface area contributed by atoms with Crippen LogP contribution in [-0.4, -0.2) is 18.6 Å². The number of aromatic nitrogens is 1. The molecule has 1 aromatic rings. The molecular formula is C11H15N3. The molecule has 0 amide bonds. The Bertz CT molecular complexity index is 361. The van der Waals surface area contributed by atoms with Crippen LogP contribution in [0.5, 0.6) is 0 Å². The minimum atomic E-state index is 0.661. The number of nitrogen functional groups attached to an aromatic ring is 1. The van der Waals surface area contributed by atoms with Crippen molar-refractivity contribution in [2.24, 2.45) is 0 Å². The van der Waals surface area contributed by atoms with E-state index in [2.05, 4.69) is 22.1 Å². The first-order chi connectivity index (χ1) is 6.74. The van der Waals surface area contributed by atoms with Crippen LogP contribution in [0.4, 0.5) is 5.69 Å². The van der Waals surface area contributed by atoms with E-state index in [1.165, 1.54) is 0 Å². The van der Waals surface area contributed by atoms with Gasteiger partial charge in [-0.05, 0) is 20.0 Å². The Morgan fingerprint density at radius 1 is 1.57 bits per heavy atom. The normalized spacial score (nSPS) is 9.29. The molecule has 0 saturated heterocycles. The van der Waals surface area contributed by atoms with Gasteiger partial charge >= 0.3 is 0 Å². The molecule has 0 bridgehead atoms. The molecule has 3 nitrogen and oxygen atoms in total. The van der Waals surface area contributed by atoms with Crippen molar-refractivity contribution in [3.63, 3.8) is 0 Å². The summed E-state index contributed by atoms with van der Waals surface area (Å²) in [5.74, 6) is 6.12. The van der Waals surface area contributed by atoms with E-state index in [1.807, 2.05) is 20.0 Å². The Balaban J connectivity index is 2.73. The van der Waals surface area contributed by atoms with Crippen molar-refractivity contribution < 1.29 is 0 Å². The maximum absolute atomic E-state index is 5.62. The topological polar surface area (TPSA) is 50.9 Å². The SMILES string of the molecule is CNCCC#Cc1cc(N)cnc1C. The van der Waals surface area contributed by atoms with E-state index in [9.17, 15) is 0 Å². The third-order valence-corrected chi connectivity index (χ3v) is 1.83. The Morgan fingerprint density at radius 2 is 2.36 bits per heavy atom. The van der Waals surface area contributed by atoms with E-state index in [0.29, 0.717) is 5.69 Å².